The predicted molar refractivity (Wildman–Crippen MR) is 88.9 cm³/mol. The molecule has 1 unspecified atom stereocenters. The first-order valence-corrected chi connectivity index (χ1v) is 8.34. The zero-order valence-electron chi connectivity index (χ0n) is 13.7. The van der Waals surface area contributed by atoms with Gasteiger partial charge in [0.15, 0.2) is 0 Å². The van der Waals surface area contributed by atoms with Crippen LogP contribution in [0.1, 0.15) is 25.7 Å². The van der Waals surface area contributed by atoms with Crippen LogP contribution in [-0.2, 0) is 9.59 Å². The number of nitrogens with one attached hydrogen (secondary N) is 1. The van der Waals surface area contributed by atoms with Gasteiger partial charge in [-0.25, -0.2) is 9.18 Å². The summed E-state index contributed by atoms with van der Waals surface area (Å²) in [5.41, 5.74) is 0.486. The fourth-order valence-corrected chi connectivity index (χ4v) is 3.27. The van der Waals surface area contributed by atoms with Crippen LogP contribution in [0.2, 0.25) is 0 Å². The highest BCUT2D eigenvalue weighted by Gasteiger charge is 2.28. The van der Waals surface area contributed by atoms with E-state index in [-0.39, 0.29) is 23.8 Å². The zero-order valence-corrected chi connectivity index (χ0v) is 13.7. The highest BCUT2D eigenvalue weighted by atomic mass is 19.1. The number of anilines is 2. The van der Waals surface area contributed by atoms with Crippen molar-refractivity contribution in [3.05, 3.63) is 24.0 Å². The van der Waals surface area contributed by atoms with Gasteiger partial charge in [-0.3, -0.25) is 9.59 Å². The number of aliphatic carboxylic acids is 1. The van der Waals surface area contributed by atoms with Crippen LogP contribution >= 0.6 is 0 Å². The van der Waals surface area contributed by atoms with Gasteiger partial charge in [0, 0.05) is 31.7 Å². The first-order chi connectivity index (χ1) is 12.0. The number of piperidine rings is 1. The first-order valence-electron chi connectivity index (χ1n) is 8.34. The number of carbonyl (C=O) groups is 3. The summed E-state index contributed by atoms with van der Waals surface area (Å²) in [5, 5.41) is 11.7. The third-order valence-electron chi connectivity index (χ3n) is 4.62. The molecule has 2 aliphatic rings. The lowest BCUT2D eigenvalue weighted by atomic mass is 9.99. The van der Waals surface area contributed by atoms with Crippen molar-refractivity contribution in [2.45, 2.75) is 25.7 Å². The van der Waals surface area contributed by atoms with Crippen molar-refractivity contribution >= 4 is 29.3 Å². The van der Waals surface area contributed by atoms with Gasteiger partial charge in [-0.15, -0.1) is 0 Å². The number of carbonyl (C=O) groups excluding carboxylic acids is 2. The normalized spacial score (nSPS) is 20.7. The Labute approximate surface area is 144 Å². The summed E-state index contributed by atoms with van der Waals surface area (Å²) in [7, 11) is 0. The number of halogens is 1. The minimum atomic E-state index is -0.914. The second-order valence-electron chi connectivity index (χ2n) is 6.37. The van der Waals surface area contributed by atoms with E-state index in [4.69, 9.17) is 5.11 Å². The Hall–Kier alpha value is -2.64. The molecule has 8 heteroatoms. The molecule has 0 radical (unpaired) electrons. The Balaban J connectivity index is 1.66. The summed E-state index contributed by atoms with van der Waals surface area (Å²) in [5.74, 6) is -2.17. The molecule has 2 aliphatic heterocycles. The molecule has 3 rings (SSSR count). The number of urea groups is 1. The number of amides is 3. The number of rotatable bonds is 3. The molecule has 0 bridgehead atoms. The van der Waals surface area contributed by atoms with Gasteiger partial charge >= 0.3 is 12.0 Å². The lowest BCUT2D eigenvalue weighted by Crippen LogP contribution is -2.44. The average Bonchev–Trinajstić information content (AvgIpc) is 3.01. The molecule has 0 aromatic heterocycles. The maximum Gasteiger partial charge on any atom is 0.321 e. The largest absolute Gasteiger partial charge is 0.481 e. The summed E-state index contributed by atoms with van der Waals surface area (Å²) in [6.45, 7) is 1.11. The van der Waals surface area contributed by atoms with Crippen molar-refractivity contribution in [2.75, 3.05) is 29.9 Å². The maximum absolute atomic E-state index is 14.3. The molecule has 2 heterocycles. The Morgan fingerprint density at radius 3 is 2.68 bits per heavy atom. The summed E-state index contributed by atoms with van der Waals surface area (Å²) in [6.07, 6.45) is 2.29. The molecule has 0 aliphatic carbocycles. The minimum Gasteiger partial charge on any atom is -0.481 e. The number of benzene rings is 1. The van der Waals surface area contributed by atoms with Gasteiger partial charge in [-0.2, -0.15) is 0 Å². The molecular weight excluding hydrogens is 329 g/mol. The zero-order chi connectivity index (χ0) is 18.0. The van der Waals surface area contributed by atoms with Gasteiger partial charge < -0.3 is 20.2 Å². The lowest BCUT2D eigenvalue weighted by Gasteiger charge is -2.30. The van der Waals surface area contributed by atoms with E-state index in [2.05, 4.69) is 5.32 Å². The fourth-order valence-electron chi connectivity index (χ4n) is 3.27. The number of carboxylic acids is 1. The van der Waals surface area contributed by atoms with Crippen LogP contribution < -0.4 is 10.2 Å². The number of nitrogens with zero attached hydrogens (tertiary/aromatic N) is 2. The first kappa shape index (κ1) is 17.2. The Bertz CT molecular complexity index is 709. The lowest BCUT2D eigenvalue weighted by molar-refractivity contribution is -0.143. The van der Waals surface area contributed by atoms with Gasteiger partial charge in [-0.1, -0.05) is 0 Å². The molecule has 1 atom stereocenters. The van der Waals surface area contributed by atoms with Gasteiger partial charge in [0.25, 0.3) is 0 Å². The SMILES string of the molecule is O=C(O)C1CCCN(C(=O)Nc2ccc(N3CCCC3=O)c(F)c2)C1. The molecule has 25 heavy (non-hydrogen) atoms. The number of carboxylic acid groups (broad SMARTS) is 1. The van der Waals surface area contributed by atoms with Crippen LogP contribution in [0.3, 0.4) is 0 Å². The number of likely N-dealkylation sites (tertiary alicyclic amines) is 1. The quantitative estimate of drug-likeness (QED) is 0.876. The van der Waals surface area contributed by atoms with Crippen molar-refractivity contribution in [3.8, 4) is 0 Å². The summed E-state index contributed by atoms with van der Waals surface area (Å²) < 4.78 is 14.3. The van der Waals surface area contributed by atoms with E-state index in [0.29, 0.717) is 38.8 Å². The van der Waals surface area contributed by atoms with Crippen molar-refractivity contribution < 1.29 is 23.9 Å². The smallest absolute Gasteiger partial charge is 0.321 e. The molecule has 134 valence electrons. The van der Waals surface area contributed by atoms with E-state index in [1.807, 2.05) is 0 Å². The van der Waals surface area contributed by atoms with Crippen molar-refractivity contribution in [1.82, 2.24) is 4.90 Å². The van der Waals surface area contributed by atoms with E-state index >= 15 is 0 Å². The predicted octanol–water partition coefficient (Wildman–Crippen LogP) is 2.28. The van der Waals surface area contributed by atoms with E-state index < -0.39 is 23.7 Å². The van der Waals surface area contributed by atoms with Crippen LogP contribution in [0.4, 0.5) is 20.6 Å². The molecule has 7 nitrogen and oxygen atoms in total. The molecular formula is C17H20FN3O4. The Kier molecular flexibility index (Phi) is 4.87. The van der Waals surface area contributed by atoms with Crippen LogP contribution in [0, 0.1) is 11.7 Å². The highest BCUT2D eigenvalue weighted by Crippen LogP contribution is 2.27. The van der Waals surface area contributed by atoms with Crippen LogP contribution in [0.15, 0.2) is 18.2 Å². The third-order valence-corrected chi connectivity index (χ3v) is 4.62. The standard InChI is InChI=1S/C17H20FN3O4/c18-13-9-12(5-6-14(13)21-8-2-4-15(21)22)19-17(25)20-7-1-3-11(10-20)16(23)24/h5-6,9,11H,1-4,7-8,10H2,(H,19,25)(H,23,24). The average molecular weight is 349 g/mol. The van der Waals surface area contributed by atoms with E-state index in [1.165, 1.54) is 21.9 Å². The summed E-state index contributed by atoms with van der Waals surface area (Å²) in [6, 6.07) is 3.75. The second kappa shape index (κ2) is 7.08. The van der Waals surface area contributed by atoms with Crippen molar-refractivity contribution in [3.63, 3.8) is 0 Å². The second-order valence-corrected chi connectivity index (χ2v) is 6.37. The van der Waals surface area contributed by atoms with Crippen LogP contribution in [0.25, 0.3) is 0 Å². The Morgan fingerprint density at radius 2 is 2.04 bits per heavy atom. The molecule has 0 saturated carbocycles. The highest BCUT2D eigenvalue weighted by molar-refractivity contribution is 5.96. The topological polar surface area (TPSA) is 89.9 Å². The van der Waals surface area contributed by atoms with Crippen LogP contribution in [0.5, 0.6) is 0 Å². The molecule has 0 spiro atoms. The molecule has 2 saturated heterocycles. The van der Waals surface area contributed by atoms with Gasteiger partial charge in [0.1, 0.15) is 5.82 Å². The molecule has 2 N–H and O–H groups in total. The number of hydrogen-bond acceptors (Lipinski definition) is 3. The van der Waals surface area contributed by atoms with E-state index in [1.54, 1.807) is 6.07 Å². The summed E-state index contributed by atoms with van der Waals surface area (Å²) >= 11 is 0. The van der Waals surface area contributed by atoms with Gasteiger partial charge in [0.2, 0.25) is 5.91 Å². The molecule has 2 fully saturated rings. The van der Waals surface area contributed by atoms with Crippen molar-refractivity contribution in [2.24, 2.45) is 5.92 Å². The van der Waals surface area contributed by atoms with Crippen LogP contribution in [-0.4, -0.2) is 47.5 Å². The summed E-state index contributed by atoms with van der Waals surface area (Å²) in [4.78, 5) is 37.9. The van der Waals surface area contributed by atoms with E-state index in [9.17, 15) is 18.8 Å². The minimum absolute atomic E-state index is 0.108. The third kappa shape index (κ3) is 3.72. The monoisotopic (exact) mass is 349 g/mol. The Morgan fingerprint density at radius 1 is 1.24 bits per heavy atom. The van der Waals surface area contributed by atoms with E-state index in [0.717, 1.165) is 0 Å². The maximum atomic E-state index is 14.3. The number of hydrogen-bond donors (Lipinski definition) is 2. The fraction of sp³-hybridized carbons (Fsp3) is 0.471. The molecule has 1 aromatic rings. The van der Waals surface area contributed by atoms with Gasteiger partial charge in [-0.05, 0) is 37.5 Å². The van der Waals surface area contributed by atoms with Crippen molar-refractivity contribution in [1.29, 1.82) is 0 Å². The van der Waals surface area contributed by atoms with Gasteiger partial charge in [0.05, 0.1) is 11.6 Å². The molecule has 1 aromatic carbocycles. The molecule has 3 amide bonds.